The van der Waals surface area contributed by atoms with Crippen LogP contribution in [0.15, 0.2) is 48.5 Å². The maximum Gasteiger partial charge on any atom is 0.310 e. The molecule has 0 aliphatic rings. The second kappa shape index (κ2) is 8.28. The number of hydrogen-bond acceptors (Lipinski definition) is 4. The topological polar surface area (TPSA) is 81.5 Å². The lowest BCUT2D eigenvalue weighted by atomic mass is 9.97. The number of ether oxygens (including phenoxy) is 1. The number of benzene rings is 2. The van der Waals surface area contributed by atoms with Crippen LogP contribution in [0.5, 0.6) is 5.75 Å². The summed E-state index contributed by atoms with van der Waals surface area (Å²) in [5.41, 5.74) is 1.62. The second-order valence-corrected chi connectivity index (χ2v) is 5.87. The molecule has 0 aliphatic heterocycles. The molecule has 6 nitrogen and oxygen atoms in total. The van der Waals surface area contributed by atoms with E-state index in [0.29, 0.717) is 5.92 Å². The minimum atomic E-state index is -0.869. The van der Waals surface area contributed by atoms with Crippen molar-refractivity contribution in [1.29, 1.82) is 0 Å². The molecule has 2 atom stereocenters. The number of anilines is 1. The third kappa shape index (κ3) is 4.56. The number of rotatable bonds is 7. The summed E-state index contributed by atoms with van der Waals surface area (Å²) >= 11 is 0. The van der Waals surface area contributed by atoms with Crippen LogP contribution in [0.4, 0.5) is 11.4 Å². The van der Waals surface area contributed by atoms with Gasteiger partial charge in [0.25, 0.3) is 5.91 Å². The number of carbonyl (C=O) groups excluding carboxylic acids is 1. The summed E-state index contributed by atoms with van der Waals surface area (Å²) in [5, 5.41) is 13.9. The Labute approximate surface area is 147 Å². The molecule has 0 bridgehead atoms. The average molecular weight is 342 g/mol. The molecular weight excluding hydrogens is 320 g/mol. The molecule has 0 heterocycles. The molecule has 0 fully saturated rings. The van der Waals surface area contributed by atoms with E-state index in [9.17, 15) is 14.9 Å². The molecule has 2 aromatic carbocycles. The van der Waals surface area contributed by atoms with Gasteiger partial charge in [-0.2, -0.15) is 0 Å². The molecule has 0 aromatic heterocycles. The zero-order chi connectivity index (χ0) is 18.4. The summed E-state index contributed by atoms with van der Waals surface area (Å²) in [6.07, 6.45) is 0.0842. The zero-order valence-corrected chi connectivity index (χ0v) is 14.6. The molecule has 2 aromatic rings. The van der Waals surface area contributed by atoms with Crippen LogP contribution in [0.25, 0.3) is 0 Å². The van der Waals surface area contributed by atoms with Crippen molar-refractivity contribution in [2.75, 3.05) is 5.32 Å². The van der Waals surface area contributed by atoms with Crippen molar-refractivity contribution < 1.29 is 14.5 Å². The first-order chi connectivity index (χ1) is 11.9. The van der Waals surface area contributed by atoms with Crippen molar-refractivity contribution in [2.45, 2.75) is 39.2 Å². The smallest absolute Gasteiger partial charge is 0.310 e. The number of nitrogens with zero attached hydrogens (tertiary/aromatic N) is 1. The van der Waals surface area contributed by atoms with Crippen LogP contribution < -0.4 is 10.1 Å². The molecular formula is C19H22N2O4. The van der Waals surface area contributed by atoms with Crippen LogP contribution in [0.1, 0.15) is 38.7 Å². The maximum atomic E-state index is 12.5. The minimum Gasteiger partial charge on any atom is -0.474 e. The summed E-state index contributed by atoms with van der Waals surface area (Å²) in [6.45, 7) is 5.75. The van der Waals surface area contributed by atoms with Gasteiger partial charge in [0.2, 0.25) is 0 Å². The SMILES string of the molecule is CC[C@H](C)c1ccccc1NC(=O)[C@H](C)Oc1ccccc1[N+](=O)[O-]. The van der Waals surface area contributed by atoms with E-state index in [1.807, 2.05) is 24.3 Å². The molecule has 2 rings (SSSR count). The van der Waals surface area contributed by atoms with Crippen LogP contribution >= 0.6 is 0 Å². The molecule has 0 unspecified atom stereocenters. The fourth-order valence-corrected chi connectivity index (χ4v) is 2.45. The average Bonchev–Trinajstić information content (AvgIpc) is 2.61. The van der Waals surface area contributed by atoms with Gasteiger partial charge in [-0.1, -0.05) is 44.2 Å². The molecule has 0 saturated heterocycles. The molecule has 25 heavy (non-hydrogen) atoms. The summed E-state index contributed by atoms with van der Waals surface area (Å²) in [7, 11) is 0. The first-order valence-corrected chi connectivity index (χ1v) is 8.23. The van der Waals surface area contributed by atoms with Gasteiger partial charge in [0, 0.05) is 11.8 Å². The lowest BCUT2D eigenvalue weighted by Gasteiger charge is -2.18. The van der Waals surface area contributed by atoms with Gasteiger partial charge < -0.3 is 10.1 Å². The van der Waals surface area contributed by atoms with E-state index < -0.39 is 11.0 Å². The Balaban J connectivity index is 2.13. The van der Waals surface area contributed by atoms with Crippen molar-refractivity contribution in [3.63, 3.8) is 0 Å². The molecule has 0 aliphatic carbocycles. The Hall–Kier alpha value is -2.89. The third-order valence-corrected chi connectivity index (χ3v) is 4.10. The first kappa shape index (κ1) is 18.4. The van der Waals surface area contributed by atoms with E-state index in [4.69, 9.17) is 4.74 Å². The van der Waals surface area contributed by atoms with Crippen LogP contribution in [-0.2, 0) is 4.79 Å². The molecule has 0 radical (unpaired) electrons. The van der Waals surface area contributed by atoms with Crippen LogP contribution in [-0.4, -0.2) is 16.9 Å². The van der Waals surface area contributed by atoms with E-state index in [-0.39, 0.29) is 17.3 Å². The highest BCUT2D eigenvalue weighted by Crippen LogP contribution is 2.28. The van der Waals surface area contributed by atoms with Gasteiger partial charge in [0.15, 0.2) is 11.9 Å². The predicted octanol–water partition coefficient (Wildman–Crippen LogP) is 4.51. The van der Waals surface area contributed by atoms with Crippen molar-refractivity contribution in [2.24, 2.45) is 0 Å². The van der Waals surface area contributed by atoms with E-state index in [2.05, 4.69) is 19.2 Å². The fraction of sp³-hybridized carbons (Fsp3) is 0.316. The van der Waals surface area contributed by atoms with Crippen molar-refractivity contribution in [3.05, 3.63) is 64.2 Å². The lowest BCUT2D eigenvalue weighted by molar-refractivity contribution is -0.386. The van der Waals surface area contributed by atoms with E-state index in [1.54, 1.807) is 19.1 Å². The van der Waals surface area contributed by atoms with Gasteiger partial charge in [-0.3, -0.25) is 14.9 Å². The Bertz CT molecular complexity index is 761. The van der Waals surface area contributed by atoms with Gasteiger partial charge in [0.1, 0.15) is 0 Å². The molecule has 0 saturated carbocycles. The minimum absolute atomic E-state index is 0.0744. The predicted molar refractivity (Wildman–Crippen MR) is 97.0 cm³/mol. The highest BCUT2D eigenvalue weighted by Gasteiger charge is 2.21. The van der Waals surface area contributed by atoms with Gasteiger partial charge >= 0.3 is 5.69 Å². The van der Waals surface area contributed by atoms with Crippen LogP contribution in [0, 0.1) is 10.1 Å². The highest BCUT2D eigenvalue weighted by molar-refractivity contribution is 5.95. The maximum absolute atomic E-state index is 12.5. The normalized spacial score (nSPS) is 12.9. The summed E-state index contributed by atoms with van der Waals surface area (Å²) < 4.78 is 5.51. The molecule has 6 heteroatoms. The fourth-order valence-electron chi connectivity index (χ4n) is 2.45. The molecule has 1 N–H and O–H groups in total. The van der Waals surface area contributed by atoms with Crippen LogP contribution in [0.2, 0.25) is 0 Å². The second-order valence-electron chi connectivity index (χ2n) is 5.87. The Morgan fingerprint density at radius 3 is 2.48 bits per heavy atom. The Kier molecular flexibility index (Phi) is 6.11. The first-order valence-electron chi connectivity index (χ1n) is 8.23. The van der Waals surface area contributed by atoms with E-state index in [1.165, 1.54) is 12.1 Å². The van der Waals surface area contributed by atoms with E-state index in [0.717, 1.165) is 17.7 Å². The third-order valence-electron chi connectivity index (χ3n) is 4.10. The lowest BCUT2D eigenvalue weighted by Crippen LogP contribution is -2.30. The van der Waals surface area contributed by atoms with E-state index >= 15 is 0 Å². The molecule has 1 amide bonds. The molecule has 0 spiro atoms. The van der Waals surface area contributed by atoms with Crippen molar-refractivity contribution in [3.8, 4) is 5.75 Å². The summed E-state index contributed by atoms with van der Waals surface area (Å²) in [5.74, 6) is 0.0298. The number of nitrogens with one attached hydrogen (secondary N) is 1. The van der Waals surface area contributed by atoms with Crippen molar-refractivity contribution in [1.82, 2.24) is 0 Å². The number of nitro groups is 1. The Morgan fingerprint density at radius 2 is 1.80 bits per heavy atom. The Morgan fingerprint density at radius 1 is 1.16 bits per heavy atom. The summed E-state index contributed by atoms with van der Waals surface area (Å²) in [6, 6.07) is 13.6. The summed E-state index contributed by atoms with van der Waals surface area (Å²) in [4.78, 5) is 23.0. The molecule has 132 valence electrons. The van der Waals surface area contributed by atoms with Gasteiger partial charge in [0.05, 0.1) is 4.92 Å². The number of nitro benzene ring substituents is 1. The highest BCUT2D eigenvalue weighted by atomic mass is 16.6. The number of para-hydroxylation sites is 3. The standard InChI is InChI=1S/C19H22N2O4/c1-4-13(2)15-9-5-6-10-16(15)20-19(22)14(3)25-18-12-8-7-11-17(18)21(23)24/h5-14H,4H2,1-3H3,(H,20,22)/t13-,14-/m0/s1. The number of amides is 1. The number of carbonyl (C=O) groups is 1. The largest absolute Gasteiger partial charge is 0.474 e. The number of hydrogen-bond donors (Lipinski definition) is 1. The van der Waals surface area contributed by atoms with Gasteiger partial charge in [-0.25, -0.2) is 0 Å². The monoisotopic (exact) mass is 342 g/mol. The van der Waals surface area contributed by atoms with Crippen LogP contribution in [0.3, 0.4) is 0 Å². The van der Waals surface area contributed by atoms with Gasteiger partial charge in [-0.05, 0) is 37.0 Å². The zero-order valence-electron chi connectivity index (χ0n) is 14.6. The van der Waals surface area contributed by atoms with Crippen molar-refractivity contribution >= 4 is 17.3 Å². The quantitative estimate of drug-likeness (QED) is 0.593. The van der Waals surface area contributed by atoms with Gasteiger partial charge in [-0.15, -0.1) is 0 Å².